The first kappa shape index (κ1) is 19.7. The molecule has 10 heteroatoms. The van der Waals surface area contributed by atoms with Gasteiger partial charge in [0, 0.05) is 26.6 Å². The highest BCUT2D eigenvalue weighted by atomic mass is 32.2. The molecule has 3 N–H and O–H groups in total. The molecule has 1 saturated heterocycles. The van der Waals surface area contributed by atoms with Crippen LogP contribution in [0.5, 0.6) is 0 Å². The van der Waals surface area contributed by atoms with Gasteiger partial charge in [-0.15, -0.1) is 0 Å². The molecule has 140 valence electrons. The van der Waals surface area contributed by atoms with Gasteiger partial charge in [-0.25, -0.2) is 21.9 Å². The summed E-state index contributed by atoms with van der Waals surface area (Å²) >= 11 is 0. The van der Waals surface area contributed by atoms with Gasteiger partial charge in [-0.2, -0.15) is 0 Å². The van der Waals surface area contributed by atoms with Crippen molar-refractivity contribution in [2.45, 2.75) is 29.8 Å². The van der Waals surface area contributed by atoms with Gasteiger partial charge in [0.1, 0.15) is 0 Å². The summed E-state index contributed by atoms with van der Waals surface area (Å²) in [6.45, 7) is 0.0426. The number of benzene rings is 1. The van der Waals surface area contributed by atoms with Crippen molar-refractivity contribution in [3.8, 4) is 0 Å². The number of carbonyl (C=O) groups excluding carboxylic acids is 1. The van der Waals surface area contributed by atoms with E-state index in [9.17, 15) is 22.0 Å². The van der Waals surface area contributed by atoms with E-state index < -0.39 is 40.9 Å². The van der Waals surface area contributed by atoms with Gasteiger partial charge in [0.05, 0.1) is 24.1 Å². The molecule has 1 fully saturated rings. The molecular weight excluding hydrogens is 356 g/mol. The molecule has 0 aromatic heterocycles. The minimum Gasteiger partial charge on any atom is -0.383 e. The van der Waals surface area contributed by atoms with Crippen LogP contribution in [-0.4, -0.2) is 53.1 Å². The zero-order chi connectivity index (χ0) is 18.5. The maximum atomic E-state index is 13.1. The highest BCUT2D eigenvalue weighted by Crippen LogP contribution is 2.25. The minimum atomic E-state index is -3.62. The number of methoxy groups -OCH3 is 1. The average Bonchev–Trinajstić information content (AvgIpc) is 2.93. The second-order valence-electron chi connectivity index (χ2n) is 5.75. The van der Waals surface area contributed by atoms with E-state index in [1.54, 1.807) is 12.1 Å². The molecule has 0 bridgehead atoms. The Kier molecular flexibility index (Phi) is 6.44. The monoisotopic (exact) mass is 377 g/mol. The largest absolute Gasteiger partial charge is 0.383 e. The summed E-state index contributed by atoms with van der Waals surface area (Å²) in [7, 11) is -2.15. The molecule has 7 nitrogen and oxygen atoms in total. The summed E-state index contributed by atoms with van der Waals surface area (Å²) in [5.74, 6) is -3.37. The van der Waals surface area contributed by atoms with Crippen LogP contribution < -0.4 is 15.4 Å². The first-order valence-electron chi connectivity index (χ1n) is 7.70. The molecule has 1 heterocycles. The quantitative estimate of drug-likeness (QED) is 0.564. The highest BCUT2D eigenvalue weighted by Gasteiger charge is 2.42. The molecule has 1 unspecified atom stereocenters. The normalized spacial score (nSPS) is 19.7. The Morgan fingerprint density at radius 2 is 2.04 bits per heavy atom. The lowest BCUT2D eigenvalue weighted by Crippen LogP contribution is -2.40. The van der Waals surface area contributed by atoms with Gasteiger partial charge in [0.25, 0.3) is 5.92 Å². The molecule has 0 spiro atoms. The maximum absolute atomic E-state index is 13.1. The highest BCUT2D eigenvalue weighted by molar-refractivity contribution is 7.89. The van der Waals surface area contributed by atoms with Crippen molar-refractivity contribution < 1.29 is 26.7 Å². The zero-order valence-corrected chi connectivity index (χ0v) is 14.5. The summed E-state index contributed by atoms with van der Waals surface area (Å²) in [4.78, 5) is 11.9. The third-order valence-electron chi connectivity index (χ3n) is 3.73. The number of nitrogens with one attached hydrogen (secondary N) is 3. The third-order valence-corrected chi connectivity index (χ3v) is 5.20. The average molecular weight is 377 g/mol. The molecule has 1 aliphatic heterocycles. The Morgan fingerprint density at radius 3 is 2.60 bits per heavy atom. The number of carbonyl (C=O) groups is 1. The number of amides is 1. The Balaban J connectivity index is 1.87. The van der Waals surface area contributed by atoms with Crippen LogP contribution in [0.3, 0.4) is 0 Å². The van der Waals surface area contributed by atoms with Crippen molar-refractivity contribution in [2.24, 2.45) is 0 Å². The number of ether oxygens (including phenoxy) is 1. The van der Waals surface area contributed by atoms with E-state index in [-0.39, 0.29) is 24.6 Å². The van der Waals surface area contributed by atoms with Crippen molar-refractivity contribution in [1.29, 1.82) is 0 Å². The van der Waals surface area contributed by atoms with Crippen LogP contribution in [0.1, 0.15) is 12.0 Å². The van der Waals surface area contributed by atoms with Crippen LogP contribution in [0.4, 0.5) is 8.78 Å². The minimum absolute atomic E-state index is 0.0933. The van der Waals surface area contributed by atoms with Crippen molar-refractivity contribution in [2.75, 3.05) is 26.8 Å². The molecule has 0 radical (unpaired) electrons. The number of hydrogen-bond donors (Lipinski definition) is 3. The molecule has 1 aromatic carbocycles. The lowest BCUT2D eigenvalue weighted by atomic mass is 10.1. The van der Waals surface area contributed by atoms with E-state index in [2.05, 4.69) is 15.4 Å². The first-order valence-corrected chi connectivity index (χ1v) is 9.18. The van der Waals surface area contributed by atoms with E-state index in [1.807, 2.05) is 0 Å². The fourth-order valence-electron chi connectivity index (χ4n) is 2.36. The summed E-state index contributed by atoms with van der Waals surface area (Å²) in [6.07, 6.45) is -0.525. The molecule has 1 atom stereocenters. The fraction of sp³-hybridized carbons (Fsp3) is 0.533. The molecular formula is C15H21F2N3O4S. The lowest BCUT2D eigenvalue weighted by molar-refractivity contribution is -0.123. The molecule has 0 aliphatic carbocycles. The van der Waals surface area contributed by atoms with Gasteiger partial charge in [-0.3, -0.25) is 10.1 Å². The third kappa shape index (κ3) is 5.70. The Morgan fingerprint density at radius 1 is 1.36 bits per heavy atom. The molecule has 1 aromatic rings. The van der Waals surface area contributed by atoms with Crippen LogP contribution in [0.25, 0.3) is 0 Å². The van der Waals surface area contributed by atoms with E-state index in [4.69, 9.17) is 4.74 Å². The number of halogens is 2. The number of alkyl halides is 2. The standard InChI is InChI=1S/C15H21F2N3O4S/c1-24-7-6-20-25(22,23)12-4-2-11(3-5-12)9-18-14(21)13-8-15(16,17)10-19-13/h2-5,13,19-20H,6-10H2,1H3,(H,18,21). The van der Waals surface area contributed by atoms with Crippen LogP contribution in [-0.2, 0) is 26.1 Å². The summed E-state index contributed by atoms with van der Waals surface area (Å²) in [5, 5.41) is 5.04. The van der Waals surface area contributed by atoms with E-state index >= 15 is 0 Å². The Bertz CT molecular complexity index is 695. The van der Waals surface area contributed by atoms with Gasteiger partial charge in [-0.05, 0) is 17.7 Å². The van der Waals surface area contributed by atoms with Gasteiger partial charge in [0.15, 0.2) is 0 Å². The molecule has 2 rings (SSSR count). The molecule has 0 saturated carbocycles. The Labute approximate surface area is 145 Å². The van der Waals surface area contributed by atoms with E-state index in [0.29, 0.717) is 5.56 Å². The van der Waals surface area contributed by atoms with Gasteiger partial charge in [-0.1, -0.05) is 12.1 Å². The summed E-state index contributed by atoms with van der Waals surface area (Å²) in [6, 6.07) is 5.03. The van der Waals surface area contributed by atoms with Crippen molar-refractivity contribution in [3.63, 3.8) is 0 Å². The topological polar surface area (TPSA) is 96.5 Å². The SMILES string of the molecule is COCCNS(=O)(=O)c1ccc(CNC(=O)C2CC(F)(F)CN2)cc1. The number of rotatable bonds is 8. The van der Waals surface area contributed by atoms with Crippen molar-refractivity contribution in [1.82, 2.24) is 15.4 Å². The molecule has 1 amide bonds. The zero-order valence-electron chi connectivity index (χ0n) is 13.7. The van der Waals surface area contributed by atoms with Crippen LogP contribution in [0.15, 0.2) is 29.2 Å². The number of sulfonamides is 1. The van der Waals surface area contributed by atoms with Crippen LogP contribution in [0.2, 0.25) is 0 Å². The molecule has 25 heavy (non-hydrogen) atoms. The second-order valence-corrected chi connectivity index (χ2v) is 7.51. The Hall–Kier alpha value is -1.62. The summed E-state index contributed by atoms with van der Waals surface area (Å²) < 4.78 is 57.3. The van der Waals surface area contributed by atoms with E-state index in [0.717, 1.165) is 0 Å². The van der Waals surface area contributed by atoms with Crippen molar-refractivity contribution in [3.05, 3.63) is 29.8 Å². The van der Waals surface area contributed by atoms with Crippen molar-refractivity contribution >= 4 is 15.9 Å². The second kappa shape index (κ2) is 8.17. The maximum Gasteiger partial charge on any atom is 0.262 e. The molecule has 1 aliphatic rings. The van der Waals surface area contributed by atoms with E-state index in [1.165, 1.54) is 19.2 Å². The van der Waals surface area contributed by atoms with Crippen LogP contribution >= 0.6 is 0 Å². The van der Waals surface area contributed by atoms with Crippen LogP contribution in [0, 0.1) is 0 Å². The van der Waals surface area contributed by atoms with Gasteiger partial charge < -0.3 is 10.1 Å². The van der Waals surface area contributed by atoms with Gasteiger partial charge in [0.2, 0.25) is 15.9 Å². The smallest absolute Gasteiger partial charge is 0.262 e. The fourth-order valence-corrected chi connectivity index (χ4v) is 3.37. The lowest BCUT2D eigenvalue weighted by Gasteiger charge is -2.12. The predicted octanol–water partition coefficient (Wildman–Crippen LogP) is 0.225. The number of hydrogen-bond acceptors (Lipinski definition) is 5. The van der Waals surface area contributed by atoms with Gasteiger partial charge >= 0.3 is 0 Å². The first-order chi connectivity index (χ1) is 11.7. The summed E-state index contributed by atoms with van der Waals surface area (Å²) in [5.41, 5.74) is 0.661. The predicted molar refractivity (Wildman–Crippen MR) is 86.7 cm³/mol.